The fraction of sp³-hybridized carbons (Fsp3) is 0.625. The van der Waals surface area contributed by atoms with Crippen molar-refractivity contribution in [3.63, 3.8) is 0 Å². The van der Waals surface area contributed by atoms with Gasteiger partial charge in [0.1, 0.15) is 11.6 Å². The molecule has 1 atom stereocenters. The predicted molar refractivity (Wildman–Crippen MR) is 80.5 cm³/mol. The topological polar surface area (TPSA) is 41.3 Å². The van der Waals surface area contributed by atoms with Gasteiger partial charge < -0.3 is 4.90 Å². The maximum atomic E-state index is 14.2. The van der Waals surface area contributed by atoms with Gasteiger partial charge in [0.15, 0.2) is 0 Å². The molecular weight excluding hydrogens is 272 g/mol. The Hall–Kier alpha value is -1.04. The molecule has 0 spiro atoms. The summed E-state index contributed by atoms with van der Waals surface area (Å²) in [6.07, 6.45) is 6.35. The van der Waals surface area contributed by atoms with Gasteiger partial charge in [-0.25, -0.2) is 8.78 Å². The lowest BCUT2D eigenvalue weighted by atomic mass is 9.78. The summed E-state index contributed by atoms with van der Waals surface area (Å²) in [5.74, 6) is 4.91. The summed E-state index contributed by atoms with van der Waals surface area (Å²) < 4.78 is 27.8. The summed E-state index contributed by atoms with van der Waals surface area (Å²) >= 11 is 0. The van der Waals surface area contributed by atoms with Gasteiger partial charge in [-0.15, -0.1) is 0 Å². The average molecular weight is 297 g/mol. The molecule has 3 N–H and O–H groups in total. The van der Waals surface area contributed by atoms with Crippen molar-refractivity contribution in [1.82, 2.24) is 10.3 Å². The smallest absolute Gasteiger partial charge is 0.128 e. The predicted octanol–water partition coefficient (Wildman–Crippen LogP) is 3.12. The van der Waals surface area contributed by atoms with Crippen molar-refractivity contribution in [1.29, 1.82) is 0 Å². The Morgan fingerprint density at radius 1 is 1.14 bits per heavy atom. The molecule has 0 heterocycles. The van der Waals surface area contributed by atoms with E-state index < -0.39 is 17.7 Å². The van der Waals surface area contributed by atoms with E-state index in [1.807, 2.05) is 14.1 Å². The van der Waals surface area contributed by atoms with Gasteiger partial charge in [0.05, 0.1) is 6.04 Å². The number of rotatable bonds is 4. The van der Waals surface area contributed by atoms with E-state index in [-0.39, 0.29) is 5.54 Å². The minimum Gasteiger partial charge on any atom is -0.302 e. The molecule has 1 aliphatic carbocycles. The van der Waals surface area contributed by atoms with Crippen LogP contribution < -0.4 is 11.3 Å². The van der Waals surface area contributed by atoms with E-state index in [1.165, 1.54) is 25.0 Å². The molecule has 1 fully saturated rings. The molecule has 2 rings (SSSR count). The molecule has 0 aromatic heterocycles. The lowest BCUT2D eigenvalue weighted by Gasteiger charge is -2.45. The summed E-state index contributed by atoms with van der Waals surface area (Å²) in [6.45, 7) is 0. The molecule has 1 aromatic rings. The van der Waals surface area contributed by atoms with Gasteiger partial charge in [-0.2, -0.15) is 0 Å². The first kappa shape index (κ1) is 16.3. The average Bonchev–Trinajstić information content (AvgIpc) is 2.70. The van der Waals surface area contributed by atoms with Crippen molar-refractivity contribution in [2.45, 2.75) is 50.1 Å². The zero-order valence-corrected chi connectivity index (χ0v) is 12.8. The molecule has 21 heavy (non-hydrogen) atoms. The second-order valence-corrected chi connectivity index (χ2v) is 6.18. The van der Waals surface area contributed by atoms with Crippen LogP contribution in [-0.4, -0.2) is 24.5 Å². The zero-order chi connectivity index (χ0) is 15.5. The first-order valence-electron chi connectivity index (χ1n) is 7.60. The van der Waals surface area contributed by atoms with Gasteiger partial charge in [-0.3, -0.25) is 11.3 Å². The lowest BCUT2D eigenvalue weighted by molar-refractivity contribution is 0.0783. The molecular formula is C16H25F2N3. The Bertz CT molecular complexity index is 469. The van der Waals surface area contributed by atoms with Crippen LogP contribution in [0.2, 0.25) is 0 Å². The monoisotopic (exact) mass is 297 g/mol. The fourth-order valence-corrected chi connectivity index (χ4v) is 3.61. The van der Waals surface area contributed by atoms with Gasteiger partial charge >= 0.3 is 0 Å². The molecule has 1 saturated carbocycles. The third-order valence-electron chi connectivity index (χ3n) is 4.83. The van der Waals surface area contributed by atoms with Gasteiger partial charge in [0.2, 0.25) is 0 Å². The van der Waals surface area contributed by atoms with Crippen LogP contribution in [0.25, 0.3) is 0 Å². The Kier molecular flexibility index (Phi) is 5.30. The third kappa shape index (κ3) is 3.25. The SMILES string of the molecule is CN(C)C1(C(NN)c2cc(F)ccc2F)CCCCCC1. The third-order valence-corrected chi connectivity index (χ3v) is 4.83. The van der Waals surface area contributed by atoms with Crippen molar-refractivity contribution in [2.24, 2.45) is 5.84 Å². The van der Waals surface area contributed by atoms with Crippen molar-refractivity contribution >= 4 is 0 Å². The van der Waals surface area contributed by atoms with Gasteiger partial charge in [0.25, 0.3) is 0 Å². The van der Waals surface area contributed by atoms with Crippen LogP contribution in [0.5, 0.6) is 0 Å². The van der Waals surface area contributed by atoms with Gasteiger partial charge in [-0.05, 0) is 45.1 Å². The second-order valence-electron chi connectivity index (χ2n) is 6.18. The highest BCUT2D eigenvalue weighted by Crippen LogP contribution is 2.41. The number of nitrogens with two attached hydrogens (primary N) is 1. The standard InChI is InChI=1S/C16H25F2N3/c1-21(2)16(9-5-3-4-6-10-16)15(20-19)13-11-12(17)7-8-14(13)18/h7-8,11,15,20H,3-6,9-10,19H2,1-2H3. The van der Waals surface area contributed by atoms with Crippen LogP contribution in [0.4, 0.5) is 8.78 Å². The number of halogens is 2. The normalized spacial score (nSPS) is 20.3. The number of nitrogens with zero attached hydrogens (tertiary/aromatic N) is 1. The Balaban J connectivity index is 2.46. The molecule has 3 nitrogen and oxygen atoms in total. The summed E-state index contributed by atoms with van der Waals surface area (Å²) in [6, 6.07) is 3.15. The van der Waals surface area contributed by atoms with Crippen molar-refractivity contribution < 1.29 is 8.78 Å². The zero-order valence-electron chi connectivity index (χ0n) is 12.8. The van der Waals surface area contributed by atoms with E-state index in [1.54, 1.807) is 0 Å². The Morgan fingerprint density at radius 2 is 1.76 bits per heavy atom. The maximum Gasteiger partial charge on any atom is 0.128 e. The van der Waals surface area contributed by atoms with E-state index in [0.717, 1.165) is 31.7 Å². The van der Waals surface area contributed by atoms with Crippen molar-refractivity contribution in [3.8, 4) is 0 Å². The maximum absolute atomic E-state index is 14.2. The fourth-order valence-electron chi connectivity index (χ4n) is 3.61. The first-order valence-corrected chi connectivity index (χ1v) is 7.60. The van der Waals surface area contributed by atoms with Gasteiger partial charge in [0, 0.05) is 11.1 Å². The first-order chi connectivity index (χ1) is 10.0. The van der Waals surface area contributed by atoms with E-state index in [0.29, 0.717) is 5.56 Å². The minimum atomic E-state index is -0.436. The van der Waals surface area contributed by atoms with Crippen molar-refractivity contribution in [2.75, 3.05) is 14.1 Å². The number of hydrogen-bond donors (Lipinski definition) is 2. The van der Waals surface area contributed by atoms with E-state index in [9.17, 15) is 8.78 Å². The lowest BCUT2D eigenvalue weighted by Crippen LogP contribution is -2.55. The van der Waals surface area contributed by atoms with Crippen molar-refractivity contribution in [3.05, 3.63) is 35.4 Å². The molecule has 5 heteroatoms. The number of likely N-dealkylation sites (N-methyl/N-ethyl adjacent to an activating group) is 1. The number of benzene rings is 1. The molecule has 0 radical (unpaired) electrons. The summed E-state index contributed by atoms with van der Waals surface area (Å²) in [7, 11) is 3.99. The largest absolute Gasteiger partial charge is 0.302 e. The molecule has 1 unspecified atom stereocenters. The van der Waals surface area contributed by atoms with E-state index in [4.69, 9.17) is 5.84 Å². The molecule has 0 saturated heterocycles. The number of hydrogen-bond acceptors (Lipinski definition) is 3. The minimum absolute atomic E-state index is 0.292. The highest BCUT2D eigenvalue weighted by molar-refractivity contribution is 5.26. The molecule has 0 aliphatic heterocycles. The van der Waals surface area contributed by atoms with Crippen LogP contribution in [-0.2, 0) is 0 Å². The number of hydrazine groups is 1. The number of nitrogens with one attached hydrogen (secondary N) is 1. The van der Waals surface area contributed by atoms with Gasteiger partial charge in [-0.1, -0.05) is 25.7 Å². The molecule has 1 aliphatic rings. The quantitative estimate of drug-likeness (QED) is 0.510. The van der Waals surface area contributed by atoms with Crippen LogP contribution >= 0.6 is 0 Å². The molecule has 0 amide bonds. The molecule has 1 aromatic carbocycles. The van der Waals surface area contributed by atoms with E-state index >= 15 is 0 Å². The Morgan fingerprint density at radius 3 is 2.29 bits per heavy atom. The van der Waals surface area contributed by atoms with E-state index in [2.05, 4.69) is 10.3 Å². The van der Waals surface area contributed by atoms with Crippen LogP contribution in [0.3, 0.4) is 0 Å². The van der Waals surface area contributed by atoms with Crippen LogP contribution in [0.15, 0.2) is 18.2 Å². The Labute approximate surface area is 125 Å². The highest BCUT2D eigenvalue weighted by atomic mass is 19.1. The summed E-state index contributed by atoms with van der Waals surface area (Å²) in [5, 5.41) is 0. The summed E-state index contributed by atoms with van der Waals surface area (Å²) in [4.78, 5) is 2.12. The van der Waals surface area contributed by atoms with Crippen LogP contribution in [0, 0.1) is 11.6 Å². The molecule has 0 bridgehead atoms. The molecule has 118 valence electrons. The van der Waals surface area contributed by atoms with Crippen LogP contribution in [0.1, 0.15) is 50.1 Å². The summed E-state index contributed by atoms with van der Waals surface area (Å²) in [5.41, 5.74) is 2.78. The highest BCUT2D eigenvalue weighted by Gasteiger charge is 2.42. The second kappa shape index (κ2) is 6.81.